The number of nitrogens with zero attached hydrogens (tertiary/aromatic N) is 1. The Kier molecular flexibility index (Phi) is 4.32. The second-order valence-electron chi connectivity index (χ2n) is 9.67. The molecular formula is C26H29NO4. The Labute approximate surface area is 183 Å². The van der Waals surface area contributed by atoms with Crippen molar-refractivity contribution in [3.8, 4) is 17.2 Å². The van der Waals surface area contributed by atoms with Gasteiger partial charge in [-0.1, -0.05) is 30.3 Å². The molecule has 2 aromatic rings. The van der Waals surface area contributed by atoms with Crippen LogP contribution in [-0.2, 0) is 23.1 Å². The van der Waals surface area contributed by atoms with Gasteiger partial charge in [-0.25, -0.2) is 0 Å². The number of aromatic hydroxyl groups is 1. The third-order valence-corrected chi connectivity index (χ3v) is 8.18. The fraction of sp³-hybridized carbons (Fsp3) is 0.500. The maximum atomic E-state index is 12.9. The highest BCUT2D eigenvalue weighted by Gasteiger charge is 2.66. The minimum Gasteiger partial charge on any atom is -0.504 e. The summed E-state index contributed by atoms with van der Waals surface area (Å²) in [6.07, 6.45) is 4.71. The number of phenols is 1. The highest BCUT2D eigenvalue weighted by Crippen LogP contribution is 2.64. The van der Waals surface area contributed by atoms with Crippen LogP contribution in [0.3, 0.4) is 0 Å². The van der Waals surface area contributed by atoms with Crippen LogP contribution in [0, 0.1) is 5.92 Å². The van der Waals surface area contributed by atoms with Crippen LogP contribution in [-0.4, -0.2) is 48.1 Å². The highest BCUT2D eigenvalue weighted by atomic mass is 16.5. The molecule has 0 aromatic heterocycles. The van der Waals surface area contributed by atoms with Crippen molar-refractivity contribution in [2.45, 2.75) is 56.1 Å². The maximum absolute atomic E-state index is 12.9. The Morgan fingerprint density at radius 2 is 2.13 bits per heavy atom. The number of hydrogen-bond donors (Lipinski definition) is 1. The Morgan fingerprint density at radius 1 is 1.29 bits per heavy atom. The van der Waals surface area contributed by atoms with Crippen molar-refractivity contribution in [1.82, 2.24) is 4.90 Å². The first-order valence-corrected chi connectivity index (χ1v) is 11.6. The van der Waals surface area contributed by atoms with Crippen molar-refractivity contribution < 1.29 is 19.4 Å². The van der Waals surface area contributed by atoms with Crippen LogP contribution in [0.2, 0.25) is 0 Å². The Bertz CT molecular complexity index is 1040. The largest absolute Gasteiger partial charge is 0.504 e. The van der Waals surface area contributed by atoms with Gasteiger partial charge in [-0.3, -0.25) is 4.79 Å². The quantitative estimate of drug-likeness (QED) is 0.750. The minimum absolute atomic E-state index is 0.115. The van der Waals surface area contributed by atoms with Gasteiger partial charge in [-0.15, -0.1) is 0 Å². The molecule has 2 aliphatic heterocycles. The first kappa shape index (κ1) is 19.2. The van der Waals surface area contributed by atoms with Crippen molar-refractivity contribution in [3.63, 3.8) is 0 Å². The summed E-state index contributed by atoms with van der Waals surface area (Å²) in [5.41, 5.74) is 3.24. The molecule has 1 N–H and O–H groups in total. The first-order valence-electron chi connectivity index (χ1n) is 11.6. The Balaban J connectivity index is 1.34. The van der Waals surface area contributed by atoms with Gasteiger partial charge in [0, 0.05) is 35.1 Å². The molecule has 6 rings (SSSR count). The number of likely N-dealkylation sites (N-methyl/N-ethyl adjacent to an activating group) is 1. The molecule has 4 aliphatic rings. The zero-order valence-corrected chi connectivity index (χ0v) is 18.0. The van der Waals surface area contributed by atoms with Crippen LogP contribution < -0.4 is 9.47 Å². The van der Waals surface area contributed by atoms with Crippen LogP contribution >= 0.6 is 0 Å². The fourth-order valence-corrected chi connectivity index (χ4v) is 6.80. The van der Waals surface area contributed by atoms with Gasteiger partial charge in [0.05, 0.1) is 6.61 Å². The van der Waals surface area contributed by atoms with E-state index in [2.05, 4.69) is 36.2 Å². The number of ketones is 1. The SMILES string of the molecule is CN1CC[C@]23c4c5c(OCCCc6ccccc6)cc(O)c4O[C@H]2C(=O)CC[C@H]3[C@H]1C5. The van der Waals surface area contributed by atoms with Crippen LogP contribution in [0.25, 0.3) is 0 Å². The van der Waals surface area contributed by atoms with E-state index in [0.717, 1.165) is 55.5 Å². The zero-order chi connectivity index (χ0) is 21.2. The van der Waals surface area contributed by atoms with E-state index in [1.54, 1.807) is 6.07 Å². The molecule has 31 heavy (non-hydrogen) atoms. The van der Waals surface area contributed by atoms with Crippen LogP contribution in [0.4, 0.5) is 0 Å². The van der Waals surface area contributed by atoms with Gasteiger partial charge < -0.3 is 19.5 Å². The van der Waals surface area contributed by atoms with Crippen LogP contribution in [0.1, 0.15) is 42.4 Å². The smallest absolute Gasteiger partial charge is 0.174 e. The molecule has 4 atom stereocenters. The number of Topliss-reactive ketones (excluding diaryl/α,β-unsaturated/α-hetero) is 1. The lowest BCUT2D eigenvalue weighted by atomic mass is 9.51. The number of aryl methyl sites for hydroxylation is 1. The van der Waals surface area contributed by atoms with Crippen molar-refractivity contribution >= 4 is 5.78 Å². The number of carbonyl (C=O) groups is 1. The van der Waals surface area contributed by atoms with Gasteiger partial charge in [-0.2, -0.15) is 0 Å². The number of benzene rings is 2. The number of likely N-dealkylation sites (tertiary alicyclic amines) is 1. The summed E-state index contributed by atoms with van der Waals surface area (Å²) < 4.78 is 12.5. The fourth-order valence-electron chi connectivity index (χ4n) is 6.80. The normalized spacial score (nSPS) is 30.6. The highest BCUT2D eigenvalue weighted by molar-refractivity contribution is 5.89. The number of piperidine rings is 1. The molecule has 0 amide bonds. The second kappa shape index (κ2) is 6.99. The molecule has 1 saturated heterocycles. The van der Waals surface area contributed by atoms with Gasteiger partial charge in [0.1, 0.15) is 5.75 Å². The maximum Gasteiger partial charge on any atom is 0.174 e. The lowest BCUT2D eigenvalue weighted by Gasteiger charge is -2.57. The summed E-state index contributed by atoms with van der Waals surface area (Å²) in [6.45, 7) is 1.55. The van der Waals surface area contributed by atoms with E-state index in [4.69, 9.17) is 9.47 Å². The molecule has 5 heteroatoms. The molecule has 0 radical (unpaired) electrons. The lowest BCUT2D eigenvalue weighted by Crippen LogP contribution is -2.65. The lowest BCUT2D eigenvalue weighted by molar-refractivity contribution is -0.138. The molecule has 0 unspecified atom stereocenters. The van der Waals surface area contributed by atoms with Crippen LogP contribution in [0.5, 0.6) is 17.2 Å². The van der Waals surface area contributed by atoms with Crippen molar-refractivity contribution in [2.75, 3.05) is 20.2 Å². The molecule has 2 fully saturated rings. The zero-order valence-electron chi connectivity index (χ0n) is 18.0. The van der Waals surface area contributed by atoms with Gasteiger partial charge in [0.25, 0.3) is 0 Å². The van der Waals surface area contributed by atoms with Gasteiger partial charge in [-0.05, 0) is 57.2 Å². The third kappa shape index (κ3) is 2.68. The van der Waals surface area contributed by atoms with Crippen LogP contribution in [0.15, 0.2) is 36.4 Å². The van der Waals surface area contributed by atoms with E-state index in [1.165, 1.54) is 5.56 Å². The molecule has 5 nitrogen and oxygen atoms in total. The average molecular weight is 420 g/mol. The molecule has 1 spiro atoms. The molecule has 2 aromatic carbocycles. The van der Waals surface area contributed by atoms with E-state index < -0.39 is 6.10 Å². The summed E-state index contributed by atoms with van der Waals surface area (Å²) in [6, 6.07) is 12.5. The second-order valence-corrected chi connectivity index (χ2v) is 9.67. The van der Waals surface area contributed by atoms with Gasteiger partial charge in [0.15, 0.2) is 23.4 Å². The summed E-state index contributed by atoms with van der Waals surface area (Å²) in [5.74, 6) is 2.01. The number of phenolic OH excluding ortho intramolecular Hbond substituents is 1. The molecule has 162 valence electrons. The summed E-state index contributed by atoms with van der Waals surface area (Å²) in [4.78, 5) is 15.3. The molecule has 2 bridgehead atoms. The van der Waals surface area contributed by atoms with E-state index >= 15 is 0 Å². The van der Waals surface area contributed by atoms with E-state index in [0.29, 0.717) is 30.7 Å². The third-order valence-electron chi connectivity index (χ3n) is 8.18. The van der Waals surface area contributed by atoms with Crippen molar-refractivity contribution in [1.29, 1.82) is 0 Å². The standard InChI is InChI=1S/C26H29NO4/c1-27-12-11-26-18-9-10-20(28)25(26)31-24-21(29)15-22(17(23(24)26)14-19(18)27)30-13-5-8-16-6-3-2-4-7-16/h2-4,6-7,15,18-19,25,29H,5,8-14H2,1H3/t18-,19+,25-,26-/m0/s1. The Morgan fingerprint density at radius 3 is 2.97 bits per heavy atom. The average Bonchev–Trinajstić information content (AvgIpc) is 3.13. The van der Waals surface area contributed by atoms with Crippen molar-refractivity contribution in [2.24, 2.45) is 5.92 Å². The predicted octanol–water partition coefficient (Wildman–Crippen LogP) is 3.64. The topological polar surface area (TPSA) is 59.0 Å². The van der Waals surface area contributed by atoms with Crippen molar-refractivity contribution in [3.05, 3.63) is 53.1 Å². The van der Waals surface area contributed by atoms with Gasteiger partial charge in [0.2, 0.25) is 0 Å². The number of hydrogen-bond acceptors (Lipinski definition) is 5. The molecule has 2 heterocycles. The minimum atomic E-state index is -0.448. The Hall–Kier alpha value is -2.53. The summed E-state index contributed by atoms with van der Waals surface area (Å²) in [7, 11) is 2.20. The predicted molar refractivity (Wildman–Crippen MR) is 117 cm³/mol. The van der Waals surface area contributed by atoms with E-state index in [-0.39, 0.29) is 16.9 Å². The number of ether oxygens (including phenoxy) is 2. The number of rotatable bonds is 5. The van der Waals surface area contributed by atoms with E-state index in [9.17, 15) is 9.90 Å². The molecular weight excluding hydrogens is 390 g/mol. The molecule has 1 saturated carbocycles. The summed E-state index contributed by atoms with van der Waals surface area (Å²) >= 11 is 0. The summed E-state index contributed by atoms with van der Waals surface area (Å²) in [5, 5.41) is 10.8. The monoisotopic (exact) mass is 419 g/mol. The first-order chi connectivity index (χ1) is 15.1. The van der Waals surface area contributed by atoms with E-state index in [1.807, 2.05) is 6.07 Å². The molecule has 2 aliphatic carbocycles. The number of carbonyl (C=O) groups excluding carboxylic acids is 1. The van der Waals surface area contributed by atoms with Gasteiger partial charge >= 0.3 is 0 Å².